The fraction of sp³-hybridized carbons (Fsp3) is 0.500. The van der Waals surface area contributed by atoms with Gasteiger partial charge in [-0.1, -0.05) is 19.9 Å². The van der Waals surface area contributed by atoms with Crippen LogP contribution in [0.5, 0.6) is 0 Å². The average Bonchev–Trinajstić information content (AvgIpc) is 2.15. The van der Waals surface area contributed by atoms with Gasteiger partial charge in [0.25, 0.3) is 0 Å². The van der Waals surface area contributed by atoms with Gasteiger partial charge in [0.1, 0.15) is 5.69 Å². The Balaban J connectivity index is 2.89. The number of nitrogens with zero attached hydrogens (tertiary/aromatic N) is 1. The van der Waals surface area contributed by atoms with Gasteiger partial charge in [-0.15, -0.1) is 0 Å². The Kier molecular flexibility index (Phi) is 3.13. The third-order valence-corrected chi connectivity index (χ3v) is 2.26. The maximum Gasteiger partial charge on any atom is 0.433 e. The number of hydrogen-bond acceptors (Lipinski definition) is 1. The normalized spacial score (nSPS) is 14.1. The molecule has 0 spiro atoms. The molecule has 1 aromatic rings. The van der Waals surface area contributed by atoms with Gasteiger partial charge in [0.05, 0.1) is 0 Å². The molecule has 1 aromatic heterocycles. The molecular weight excluding hydrogens is 191 g/mol. The van der Waals surface area contributed by atoms with E-state index in [0.717, 1.165) is 18.1 Å². The van der Waals surface area contributed by atoms with Gasteiger partial charge < -0.3 is 0 Å². The molecule has 0 aliphatic rings. The van der Waals surface area contributed by atoms with E-state index < -0.39 is 11.9 Å². The van der Waals surface area contributed by atoms with Crippen LogP contribution in [0.4, 0.5) is 13.2 Å². The molecule has 1 heterocycles. The number of alkyl halides is 3. The SMILES string of the molecule is CC[C@H](C)c1ccc(C(F)(F)F)nc1. The summed E-state index contributed by atoms with van der Waals surface area (Å²) in [6.45, 7) is 3.95. The topological polar surface area (TPSA) is 12.9 Å². The van der Waals surface area contributed by atoms with Crippen molar-refractivity contribution in [1.29, 1.82) is 0 Å². The van der Waals surface area contributed by atoms with Crippen molar-refractivity contribution < 1.29 is 13.2 Å². The maximum absolute atomic E-state index is 12.1. The lowest BCUT2D eigenvalue weighted by Crippen LogP contribution is -2.08. The first kappa shape index (κ1) is 11.0. The zero-order chi connectivity index (χ0) is 10.8. The van der Waals surface area contributed by atoms with Crippen molar-refractivity contribution in [3.63, 3.8) is 0 Å². The van der Waals surface area contributed by atoms with Crippen LogP contribution in [-0.2, 0) is 6.18 Å². The predicted molar refractivity (Wildman–Crippen MR) is 47.9 cm³/mol. The summed E-state index contributed by atoms with van der Waals surface area (Å²) in [6.07, 6.45) is -2.14. The van der Waals surface area contributed by atoms with Gasteiger partial charge in [0, 0.05) is 6.20 Å². The number of pyridine rings is 1. The van der Waals surface area contributed by atoms with Crippen LogP contribution in [0, 0.1) is 0 Å². The largest absolute Gasteiger partial charge is 0.433 e. The number of halogens is 3. The second kappa shape index (κ2) is 3.98. The molecule has 0 N–H and O–H groups in total. The van der Waals surface area contributed by atoms with E-state index in [9.17, 15) is 13.2 Å². The van der Waals surface area contributed by atoms with E-state index in [2.05, 4.69) is 4.98 Å². The predicted octanol–water partition coefficient (Wildman–Crippen LogP) is 3.61. The Labute approximate surface area is 81.0 Å². The van der Waals surface area contributed by atoms with Crippen molar-refractivity contribution in [2.45, 2.75) is 32.4 Å². The van der Waals surface area contributed by atoms with Crippen molar-refractivity contribution in [3.05, 3.63) is 29.6 Å². The van der Waals surface area contributed by atoms with Crippen molar-refractivity contribution in [2.24, 2.45) is 0 Å². The first-order valence-electron chi connectivity index (χ1n) is 4.48. The van der Waals surface area contributed by atoms with Gasteiger partial charge in [-0.25, -0.2) is 0 Å². The van der Waals surface area contributed by atoms with Gasteiger partial charge in [-0.05, 0) is 24.0 Å². The molecule has 14 heavy (non-hydrogen) atoms. The van der Waals surface area contributed by atoms with Crippen LogP contribution >= 0.6 is 0 Å². The third kappa shape index (κ3) is 2.47. The Hall–Kier alpha value is -1.06. The molecule has 0 saturated heterocycles. The quantitative estimate of drug-likeness (QED) is 0.715. The molecule has 0 aliphatic carbocycles. The minimum atomic E-state index is -4.34. The first-order chi connectivity index (χ1) is 6.45. The Morgan fingerprint density at radius 2 is 2.00 bits per heavy atom. The number of rotatable bonds is 2. The molecule has 1 nitrogen and oxygen atoms in total. The zero-order valence-corrected chi connectivity index (χ0v) is 8.10. The monoisotopic (exact) mass is 203 g/mol. The minimum absolute atomic E-state index is 0.254. The molecular formula is C10H12F3N. The van der Waals surface area contributed by atoms with Crippen molar-refractivity contribution >= 4 is 0 Å². The van der Waals surface area contributed by atoms with E-state index in [1.807, 2.05) is 13.8 Å². The fourth-order valence-corrected chi connectivity index (χ4v) is 1.10. The van der Waals surface area contributed by atoms with Crippen LogP contribution in [0.2, 0.25) is 0 Å². The highest BCUT2D eigenvalue weighted by Gasteiger charge is 2.32. The van der Waals surface area contributed by atoms with Gasteiger partial charge in [-0.3, -0.25) is 4.98 Å². The van der Waals surface area contributed by atoms with Crippen LogP contribution in [0.3, 0.4) is 0 Å². The summed E-state index contributed by atoms with van der Waals surface area (Å²) in [5, 5.41) is 0. The van der Waals surface area contributed by atoms with Crippen LogP contribution in [0.1, 0.15) is 37.4 Å². The highest BCUT2D eigenvalue weighted by atomic mass is 19.4. The molecule has 4 heteroatoms. The summed E-state index contributed by atoms with van der Waals surface area (Å²) in [6, 6.07) is 2.52. The Morgan fingerprint density at radius 3 is 2.36 bits per heavy atom. The highest BCUT2D eigenvalue weighted by molar-refractivity contribution is 5.18. The van der Waals surface area contributed by atoms with Crippen molar-refractivity contribution in [3.8, 4) is 0 Å². The van der Waals surface area contributed by atoms with E-state index in [4.69, 9.17) is 0 Å². The second-order valence-corrected chi connectivity index (χ2v) is 3.28. The molecule has 1 rings (SSSR count). The van der Waals surface area contributed by atoms with Gasteiger partial charge in [-0.2, -0.15) is 13.2 Å². The summed E-state index contributed by atoms with van der Waals surface area (Å²) >= 11 is 0. The molecule has 0 aliphatic heterocycles. The van der Waals surface area contributed by atoms with Gasteiger partial charge in [0.15, 0.2) is 0 Å². The minimum Gasteiger partial charge on any atom is -0.251 e. The summed E-state index contributed by atoms with van der Waals surface area (Å²) in [7, 11) is 0. The van der Waals surface area contributed by atoms with E-state index in [0.29, 0.717) is 0 Å². The van der Waals surface area contributed by atoms with Gasteiger partial charge >= 0.3 is 6.18 Å². The molecule has 78 valence electrons. The zero-order valence-electron chi connectivity index (χ0n) is 8.10. The molecule has 0 saturated carbocycles. The summed E-state index contributed by atoms with van der Waals surface area (Å²) < 4.78 is 36.4. The molecule has 0 bridgehead atoms. The lowest BCUT2D eigenvalue weighted by molar-refractivity contribution is -0.141. The second-order valence-electron chi connectivity index (χ2n) is 3.28. The summed E-state index contributed by atoms with van der Waals surface area (Å²) in [5.74, 6) is 0.254. The fourth-order valence-electron chi connectivity index (χ4n) is 1.10. The van der Waals surface area contributed by atoms with E-state index in [1.54, 1.807) is 0 Å². The molecule has 0 fully saturated rings. The third-order valence-electron chi connectivity index (χ3n) is 2.26. The van der Waals surface area contributed by atoms with Crippen LogP contribution in [0.25, 0.3) is 0 Å². The Morgan fingerprint density at radius 1 is 1.36 bits per heavy atom. The van der Waals surface area contributed by atoms with E-state index in [-0.39, 0.29) is 5.92 Å². The standard InChI is InChI=1S/C10H12F3N/c1-3-7(2)8-4-5-9(14-6-8)10(11,12)13/h4-7H,3H2,1-2H3/t7-/m0/s1. The van der Waals surface area contributed by atoms with E-state index in [1.165, 1.54) is 12.3 Å². The van der Waals surface area contributed by atoms with Crippen LogP contribution in [-0.4, -0.2) is 4.98 Å². The van der Waals surface area contributed by atoms with Gasteiger partial charge in [0.2, 0.25) is 0 Å². The lowest BCUT2D eigenvalue weighted by Gasteiger charge is -2.10. The molecule has 0 amide bonds. The number of aromatic nitrogens is 1. The molecule has 1 atom stereocenters. The van der Waals surface area contributed by atoms with Crippen molar-refractivity contribution in [1.82, 2.24) is 4.98 Å². The van der Waals surface area contributed by atoms with Crippen molar-refractivity contribution in [2.75, 3.05) is 0 Å². The van der Waals surface area contributed by atoms with Crippen LogP contribution in [0.15, 0.2) is 18.3 Å². The van der Waals surface area contributed by atoms with Crippen LogP contribution < -0.4 is 0 Å². The average molecular weight is 203 g/mol. The maximum atomic E-state index is 12.1. The summed E-state index contributed by atoms with van der Waals surface area (Å²) in [5.41, 5.74) is 0.0186. The highest BCUT2D eigenvalue weighted by Crippen LogP contribution is 2.28. The lowest BCUT2D eigenvalue weighted by atomic mass is 10.0. The molecule has 0 aromatic carbocycles. The first-order valence-corrected chi connectivity index (χ1v) is 4.48. The molecule has 0 radical (unpaired) electrons. The summed E-state index contributed by atoms with van der Waals surface area (Å²) in [4.78, 5) is 3.39. The molecule has 0 unspecified atom stereocenters. The number of hydrogen-bond donors (Lipinski definition) is 0. The Bertz CT molecular complexity index is 289. The smallest absolute Gasteiger partial charge is 0.251 e. The van der Waals surface area contributed by atoms with E-state index >= 15 is 0 Å².